The molecule has 1 heterocycles. The fourth-order valence-electron chi connectivity index (χ4n) is 1.77. The van der Waals surface area contributed by atoms with Gasteiger partial charge in [0, 0.05) is 19.5 Å². The maximum absolute atomic E-state index is 11.5. The van der Waals surface area contributed by atoms with Gasteiger partial charge < -0.3 is 15.7 Å². The zero-order chi connectivity index (χ0) is 11.3. The van der Waals surface area contributed by atoms with Crippen molar-refractivity contribution in [3.05, 3.63) is 0 Å². The van der Waals surface area contributed by atoms with Gasteiger partial charge in [-0.15, -0.1) is 0 Å². The number of nitrogens with zero attached hydrogens (tertiary/aromatic N) is 1. The minimum absolute atomic E-state index is 0.0107. The number of amides is 1. The van der Waals surface area contributed by atoms with Crippen LogP contribution < -0.4 is 5.73 Å². The molecule has 86 valence electrons. The maximum Gasteiger partial charge on any atom is 0.303 e. The summed E-state index contributed by atoms with van der Waals surface area (Å²) in [5.41, 5.74) is 5.64. The summed E-state index contributed by atoms with van der Waals surface area (Å²) in [6.45, 7) is 1.40. The van der Waals surface area contributed by atoms with E-state index in [1.165, 1.54) is 0 Å². The first-order valence-corrected chi connectivity index (χ1v) is 5.37. The SMILES string of the molecule is N[C@H]1CCCN(CCCCC(=O)O)C1=O. The molecule has 1 aliphatic heterocycles. The highest BCUT2D eigenvalue weighted by atomic mass is 16.4. The van der Waals surface area contributed by atoms with Gasteiger partial charge in [0.25, 0.3) is 0 Å². The number of carboxylic acids is 1. The van der Waals surface area contributed by atoms with E-state index in [0.717, 1.165) is 25.8 Å². The van der Waals surface area contributed by atoms with E-state index >= 15 is 0 Å². The van der Waals surface area contributed by atoms with Crippen LogP contribution in [0.1, 0.15) is 32.1 Å². The molecule has 1 rings (SSSR count). The van der Waals surface area contributed by atoms with Gasteiger partial charge in [0.1, 0.15) is 0 Å². The molecule has 15 heavy (non-hydrogen) atoms. The van der Waals surface area contributed by atoms with Gasteiger partial charge in [-0.25, -0.2) is 0 Å². The summed E-state index contributed by atoms with van der Waals surface area (Å²) in [4.78, 5) is 23.6. The summed E-state index contributed by atoms with van der Waals surface area (Å²) in [6, 6.07) is -0.349. The van der Waals surface area contributed by atoms with Crippen molar-refractivity contribution in [1.29, 1.82) is 0 Å². The van der Waals surface area contributed by atoms with Crippen LogP contribution in [0.2, 0.25) is 0 Å². The number of hydrogen-bond acceptors (Lipinski definition) is 3. The Balaban J connectivity index is 2.20. The molecule has 0 radical (unpaired) electrons. The number of piperidine rings is 1. The molecule has 0 aliphatic carbocycles. The largest absolute Gasteiger partial charge is 0.481 e. The molecule has 0 bridgehead atoms. The predicted molar refractivity (Wildman–Crippen MR) is 55.3 cm³/mol. The van der Waals surface area contributed by atoms with Crippen molar-refractivity contribution in [3.8, 4) is 0 Å². The lowest BCUT2D eigenvalue weighted by atomic mass is 10.1. The van der Waals surface area contributed by atoms with Crippen LogP contribution in [0.15, 0.2) is 0 Å². The van der Waals surface area contributed by atoms with Gasteiger partial charge in [0.05, 0.1) is 6.04 Å². The number of carbonyl (C=O) groups is 2. The van der Waals surface area contributed by atoms with Crippen LogP contribution in [0.4, 0.5) is 0 Å². The van der Waals surface area contributed by atoms with Crippen LogP contribution in [-0.2, 0) is 9.59 Å². The zero-order valence-corrected chi connectivity index (χ0v) is 8.82. The molecule has 1 atom stereocenters. The zero-order valence-electron chi connectivity index (χ0n) is 8.82. The molecule has 5 heteroatoms. The first-order valence-electron chi connectivity index (χ1n) is 5.37. The van der Waals surface area contributed by atoms with Gasteiger partial charge in [-0.05, 0) is 25.7 Å². The Morgan fingerprint density at radius 2 is 2.27 bits per heavy atom. The molecule has 0 saturated carbocycles. The number of aliphatic carboxylic acids is 1. The summed E-state index contributed by atoms with van der Waals surface area (Å²) in [7, 11) is 0. The first-order chi connectivity index (χ1) is 7.11. The highest BCUT2D eigenvalue weighted by molar-refractivity contribution is 5.82. The molecule has 0 aromatic heterocycles. The average Bonchev–Trinajstić information content (AvgIpc) is 2.18. The van der Waals surface area contributed by atoms with Crippen molar-refractivity contribution in [3.63, 3.8) is 0 Å². The molecule has 1 fully saturated rings. The minimum atomic E-state index is -0.781. The van der Waals surface area contributed by atoms with E-state index < -0.39 is 5.97 Å². The third-order valence-electron chi connectivity index (χ3n) is 2.64. The van der Waals surface area contributed by atoms with Crippen molar-refractivity contribution < 1.29 is 14.7 Å². The van der Waals surface area contributed by atoms with E-state index in [9.17, 15) is 9.59 Å². The van der Waals surface area contributed by atoms with Gasteiger partial charge in [-0.1, -0.05) is 0 Å². The van der Waals surface area contributed by atoms with Crippen molar-refractivity contribution in [1.82, 2.24) is 4.90 Å². The van der Waals surface area contributed by atoms with Gasteiger partial charge in [-0.2, -0.15) is 0 Å². The lowest BCUT2D eigenvalue weighted by molar-refractivity contribution is -0.137. The van der Waals surface area contributed by atoms with Crippen molar-refractivity contribution in [2.75, 3.05) is 13.1 Å². The lowest BCUT2D eigenvalue weighted by Gasteiger charge is -2.30. The number of carboxylic acid groups (broad SMARTS) is 1. The maximum atomic E-state index is 11.5. The Morgan fingerprint density at radius 3 is 2.93 bits per heavy atom. The number of unbranched alkanes of at least 4 members (excludes halogenated alkanes) is 1. The summed E-state index contributed by atoms with van der Waals surface area (Å²) >= 11 is 0. The molecular weight excluding hydrogens is 196 g/mol. The highest BCUT2D eigenvalue weighted by Crippen LogP contribution is 2.11. The fourth-order valence-corrected chi connectivity index (χ4v) is 1.77. The van der Waals surface area contributed by atoms with E-state index in [4.69, 9.17) is 10.8 Å². The van der Waals surface area contributed by atoms with Crippen LogP contribution in [0.3, 0.4) is 0 Å². The summed E-state index contributed by atoms with van der Waals surface area (Å²) in [6.07, 6.45) is 3.25. The Labute approximate surface area is 89.2 Å². The molecule has 1 aliphatic rings. The van der Waals surface area contributed by atoms with E-state index in [1.54, 1.807) is 4.90 Å². The second kappa shape index (κ2) is 5.70. The topological polar surface area (TPSA) is 83.6 Å². The standard InChI is InChI=1S/C10H18N2O3/c11-8-4-3-7-12(10(8)15)6-2-1-5-9(13)14/h8H,1-7,11H2,(H,13,14)/t8-/m0/s1. The van der Waals surface area contributed by atoms with Crippen LogP contribution in [0, 0.1) is 0 Å². The molecular formula is C10H18N2O3. The molecule has 0 spiro atoms. The number of nitrogens with two attached hydrogens (primary N) is 1. The quantitative estimate of drug-likeness (QED) is 0.640. The monoisotopic (exact) mass is 214 g/mol. The van der Waals surface area contributed by atoms with Gasteiger partial charge in [-0.3, -0.25) is 9.59 Å². The molecule has 0 aromatic carbocycles. The van der Waals surface area contributed by atoms with Gasteiger partial charge in [0.2, 0.25) is 5.91 Å². The normalized spacial score (nSPS) is 21.8. The molecule has 3 N–H and O–H groups in total. The smallest absolute Gasteiger partial charge is 0.303 e. The van der Waals surface area contributed by atoms with E-state index in [1.807, 2.05) is 0 Å². The second-order valence-corrected chi connectivity index (χ2v) is 3.92. The minimum Gasteiger partial charge on any atom is -0.481 e. The predicted octanol–water partition coefficient (Wildman–Crippen LogP) is 0.191. The number of likely N-dealkylation sites (tertiary alicyclic amines) is 1. The Kier molecular flexibility index (Phi) is 4.55. The third-order valence-corrected chi connectivity index (χ3v) is 2.64. The number of rotatable bonds is 5. The van der Waals surface area contributed by atoms with Crippen LogP contribution >= 0.6 is 0 Å². The molecule has 0 unspecified atom stereocenters. The Bertz CT molecular complexity index is 243. The fraction of sp³-hybridized carbons (Fsp3) is 0.800. The lowest BCUT2D eigenvalue weighted by Crippen LogP contribution is -2.48. The summed E-state index contributed by atoms with van der Waals surface area (Å²) < 4.78 is 0. The summed E-state index contributed by atoms with van der Waals surface area (Å²) in [5.74, 6) is -0.770. The van der Waals surface area contributed by atoms with Crippen LogP contribution in [0.25, 0.3) is 0 Å². The number of hydrogen-bond donors (Lipinski definition) is 2. The van der Waals surface area contributed by atoms with E-state index in [-0.39, 0.29) is 18.4 Å². The first kappa shape index (κ1) is 12.0. The second-order valence-electron chi connectivity index (χ2n) is 3.92. The van der Waals surface area contributed by atoms with Gasteiger partial charge >= 0.3 is 5.97 Å². The third kappa shape index (κ3) is 3.87. The molecule has 5 nitrogen and oxygen atoms in total. The van der Waals surface area contributed by atoms with Crippen molar-refractivity contribution in [2.45, 2.75) is 38.1 Å². The van der Waals surface area contributed by atoms with Crippen molar-refractivity contribution >= 4 is 11.9 Å². The molecule has 1 saturated heterocycles. The van der Waals surface area contributed by atoms with Crippen LogP contribution in [-0.4, -0.2) is 41.0 Å². The molecule has 0 aromatic rings. The van der Waals surface area contributed by atoms with E-state index in [2.05, 4.69) is 0 Å². The van der Waals surface area contributed by atoms with Crippen molar-refractivity contribution in [2.24, 2.45) is 5.73 Å². The number of carbonyl (C=O) groups excluding carboxylic acids is 1. The Hall–Kier alpha value is -1.10. The van der Waals surface area contributed by atoms with Gasteiger partial charge in [0.15, 0.2) is 0 Å². The summed E-state index contributed by atoms with van der Waals surface area (Å²) in [5, 5.41) is 8.44. The Morgan fingerprint density at radius 1 is 1.53 bits per heavy atom. The van der Waals surface area contributed by atoms with Crippen LogP contribution in [0.5, 0.6) is 0 Å². The molecule has 1 amide bonds. The average molecular weight is 214 g/mol. The highest BCUT2D eigenvalue weighted by Gasteiger charge is 2.24. The van der Waals surface area contributed by atoms with E-state index in [0.29, 0.717) is 13.0 Å².